The van der Waals surface area contributed by atoms with Gasteiger partial charge in [0.05, 0.1) is 26.5 Å². The minimum absolute atomic E-state index is 0.0297. The maximum Gasteiger partial charge on any atom is 0.319 e. The van der Waals surface area contributed by atoms with Gasteiger partial charge < -0.3 is 29.7 Å². The number of carbonyl (C=O) groups is 2. The first-order valence-electron chi connectivity index (χ1n) is 9.84. The first-order valence-corrected chi connectivity index (χ1v) is 9.84. The van der Waals surface area contributed by atoms with Crippen molar-refractivity contribution in [3.8, 4) is 17.2 Å². The van der Waals surface area contributed by atoms with Gasteiger partial charge in [-0.2, -0.15) is 0 Å². The van der Waals surface area contributed by atoms with Gasteiger partial charge in [-0.05, 0) is 43.3 Å². The zero-order valence-electron chi connectivity index (χ0n) is 17.4. The SMILES string of the molecule is CCOc1ccc(N2CC(CNC(=O)Nc3cccc(OC)c3OC)CC2=O)cc1. The van der Waals surface area contributed by atoms with Crippen molar-refractivity contribution >= 4 is 23.3 Å². The van der Waals surface area contributed by atoms with Gasteiger partial charge >= 0.3 is 6.03 Å². The van der Waals surface area contributed by atoms with Crippen LogP contribution in [0.15, 0.2) is 42.5 Å². The summed E-state index contributed by atoms with van der Waals surface area (Å²) in [7, 11) is 3.05. The summed E-state index contributed by atoms with van der Waals surface area (Å²) in [6.07, 6.45) is 0.385. The van der Waals surface area contributed by atoms with Gasteiger partial charge in [0, 0.05) is 31.1 Å². The highest BCUT2D eigenvalue weighted by molar-refractivity contribution is 5.96. The predicted molar refractivity (Wildman–Crippen MR) is 115 cm³/mol. The maximum atomic E-state index is 12.4. The number of ether oxygens (including phenoxy) is 3. The molecule has 1 saturated heterocycles. The second kappa shape index (κ2) is 9.87. The van der Waals surface area contributed by atoms with Gasteiger partial charge in [0.25, 0.3) is 0 Å². The molecule has 0 radical (unpaired) electrons. The summed E-state index contributed by atoms with van der Waals surface area (Å²) in [6.45, 7) is 3.46. The highest BCUT2D eigenvalue weighted by atomic mass is 16.5. The van der Waals surface area contributed by atoms with Crippen molar-refractivity contribution in [2.45, 2.75) is 13.3 Å². The van der Waals surface area contributed by atoms with E-state index in [9.17, 15) is 9.59 Å². The Bertz CT molecular complexity index is 885. The zero-order chi connectivity index (χ0) is 21.5. The number of para-hydroxylation sites is 1. The summed E-state index contributed by atoms with van der Waals surface area (Å²) >= 11 is 0. The molecule has 3 amide bonds. The Labute approximate surface area is 176 Å². The van der Waals surface area contributed by atoms with Crippen LogP contribution in [0, 0.1) is 5.92 Å². The fraction of sp³-hybridized carbons (Fsp3) is 0.364. The molecule has 0 bridgehead atoms. The fourth-order valence-electron chi connectivity index (χ4n) is 3.45. The predicted octanol–water partition coefficient (Wildman–Crippen LogP) is 3.28. The summed E-state index contributed by atoms with van der Waals surface area (Å²) in [5.41, 5.74) is 1.34. The molecule has 1 aliphatic rings. The van der Waals surface area contributed by atoms with Gasteiger partial charge in [0.1, 0.15) is 5.75 Å². The number of methoxy groups -OCH3 is 2. The van der Waals surface area contributed by atoms with Gasteiger partial charge in [0.15, 0.2) is 11.5 Å². The van der Waals surface area contributed by atoms with Crippen LogP contribution in [0.2, 0.25) is 0 Å². The Kier molecular flexibility index (Phi) is 7.00. The van der Waals surface area contributed by atoms with E-state index in [2.05, 4.69) is 10.6 Å². The average Bonchev–Trinajstić information content (AvgIpc) is 3.13. The molecule has 0 aromatic heterocycles. The lowest BCUT2D eigenvalue weighted by Gasteiger charge is -2.18. The van der Waals surface area contributed by atoms with Crippen LogP contribution in [0.5, 0.6) is 17.2 Å². The molecular formula is C22H27N3O5. The van der Waals surface area contributed by atoms with E-state index in [-0.39, 0.29) is 17.9 Å². The normalized spacial score (nSPS) is 15.6. The summed E-state index contributed by atoms with van der Waals surface area (Å²) in [5, 5.41) is 5.60. The van der Waals surface area contributed by atoms with Crippen LogP contribution < -0.4 is 29.7 Å². The Morgan fingerprint density at radius 1 is 1.13 bits per heavy atom. The molecule has 1 fully saturated rings. The summed E-state index contributed by atoms with van der Waals surface area (Å²) in [4.78, 5) is 26.5. The minimum Gasteiger partial charge on any atom is -0.494 e. The summed E-state index contributed by atoms with van der Waals surface area (Å²) in [5.74, 6) is 1.83. The lowest BCUT2D eigenvalue weighted by Crippen LogP contribution is -2.34. The molecule has 8 nitrogen and oxygen atoms in total. The number of hydrogen-bond acceptors (Lipinski definition) is 5. The van der Waals surface area contributed by atoms with Crippen LogP contribution in [0.4, 0.5) is 16.2 Å². The van der Waals surface area contributed by atoms with E-state index >= 15 is 0 Å². The molecule has 2 N–H and O–H groups in total. The Hall–Kier alpha value is -3.42. The van der Waals surface area contributed by atoms with Gasteiger partial charge in [-0.15, -0.1) is 0 Å². The van der Waals surface area contributed by atoms with Crippen LogP contribution in [-0.2, 0) is 4.79 Å². The highest BCUT2D eigenvalue weighted by Gasteiger charge is 2.30. The molecule has 0 saturated carbocycles. The number of rotatable bonds is 8. The third kappa shape index (κ3) is 4.94. The molecule has 1 heterocycles. The van der Waals surface area contributed by atoms with Crippen LogP contribution in [-0.4, -0.2) is 45.9 Å². The second-order valence-electron chi connectivity index (χ2n) is 6.88. The number of carbonyl (C=O) groups excluding carboxylic acids is 2. The fourth-order valence-corrected chi connectivity index (χ4v) is 3.45. The van der Waals surface area contributed by atoms with Crippen molar-refractivity contribution < 1.29 is 23.8 Å². The molecule has 1 aliphatic heterocycles. The van der Waals surface area contributed by atoms with Crippen molar-refractivity contribution in [3.63, 3.8) is 0 Å². The Balaban J connectivity index is 1.54. The third-order valence-electron chi connectivity index (χ3n) is 4.87. The first-order chi connectivity index (χ1) is 14.5. The molecule has 2 aromatic carbocycles. The third-order valence-corrected chi connectivity index (χ3v) is 4.87. The van der Waals surface area contributed by atoms with Crippen LogP contribution in [0.3, 0.4) is 0 Å². The number of hydrogen-bond donors (Lipinski definition) is 2. The summed E-state index contributed by atoms with van der Waals surface area (Å²) < 4.78 is 16.0. The highest BCUT2D eigenvalue weighted by Crippen LogP contribution is 2.34. The molecule has 30 heavy (non-hydrogen) atoms. The summed E-state index contributed by atoms with van der Waals surface area (Å²) in [6, 6.07) is 12.3. The van der Waals surface area contributed by atoms with Crippen molar-refractivity contribution in [1.29, 1.82) is 0 Å². The molecule has 2 aromatic rings. The van der Waals surface area contributed by atoms with Crippen LogP contribution in [0.1, 0.15) is 13.3 Å². The number of nitrogens with one attached hydrogen (secondary N) is 2. The van der Waals surface area contributed by atoms with Gasteiger partial charge in [-0.25, -0.2) is 4.79 Å². The number of benzene rings is 2. The smallest absolute Gasteiger partial charge is 0.319 e. The number of amides is 3. The largest absolute Gasteiger partial charge is 0.494 e. The number of anilines is 2. The van der Waals surface area contributed by atoms with E-state index in [1.54, 1.807) is 23.1 Å². The van der Waals surface area contributed by atoms with Crippen molar-refractivity contribution in [2.75, 3.05) is 44.1 Å². The number of nitrogens with zero attached hydrogens (tertiary/aromatic N) is 1. The van der Waals surface area contributed by atoms with E-state index in [1.807, 2.05) is 31.2 Å². The van der Waals surface area contributed by atoms with Gasteiger partial charge in [-0.1, -0.05) is 6.07 Å². The topological polar surface area (TPSA) is 89.1 Å². The molecule has 160 valence electrons. The number of urea groups is 1. The Morgan fingerprint density at radius 3 is 2.57 bits per heavy atom. The van der Waals surface area contributed by atoms with E-state index in [0.29, 0.717) is 43.3 Å². The van der Waals surface area contributed by atoms with Crippen molar-refractivity contribution in [1.82, 2.24) is 5.32 Å². The molecule has 3 rings (SSSR count). The quantitative estimate of drug-likeness (QED) is 0.693. The van der Waals surface area contributed by atoms with Crippen molar-refractivity contribution in [3.05, 3.63) is 42.5 Å². The lowest BCUT2D eigenvalue weighted by atomic mass is 10.1. The standard InChI is InChI=1S/C22H27N3O5/c1-4-30-17-10-8-16(9-11-17)25-14-15(12-20(25)26)13-23-22(27)24-18-6-5-7-19(28-2)21(18)29-3/h5-11,15H,4,12-14H2,1-3H3,(H2,23,24,27). The molecule has 1 unspecified atom stereocenters. The van der Waals surface area contributed by atoms with Crippen molar-refractivity contribution in [2.24, 2.45) is 5.92 Å². The Morgan fingerprint density at radius 2 is 1.90 bits per heavy atom. The van der Waals surface area contributed by atoms with Crippen LogP contribution in [0.25, 0.3) is 0 Å². The second-order valence-corrected chi connectivity index (χ2v) is 6.88. The zero-order valence-corrected chi connectivity index (χ0v) is 17.4. The lowest BCUT2D eigenvalue weighted by molar-refractivity contribution is -0.117. The maximum absolute atomic E-state index is 12.4. The van der Waals surface area contributed by atoms with E-state index in [1.165, 1.54) is 14.2 Å². The molecule has 0 spiro atoms. The molecular weight excluding hydrogens is 386 g/mol. The van der Waals surface area contributed by atoms with Crippen LogP contribution >= 0.6 is 0 Å². The first kappa shape index (κ1) is 21.3. The minimum atomic E-state index is -0.367. The van der Waals surface area contributed by atoms with E-state index in [4.69, 9.17) is 14.2 Å². The molecule has 0 aliphatic carbocycles. The van der Waals surface area contributed by atoms with E-state index < -0.39 is 0 Å². The monoisotopic (exact) mass is 413 g/mol. The average molecular weight is 413 g/mol. The molecule has 1 atom stereocenters. The van der Waals surface area contributed by atoms with Gasteiger partial charge in [0.2, 0.25) is 5.91 Å². The van der Waals surface area contributed by atoms with E-state index in [0.717, 1.165) is 11.4 Å². The molecule has 8 heteroatoms. The van der Waals surface area contributed by atoms with Gasteiger partial charge in [-0.3, -0.25) is 4.79 Å².